The van der Waals surface area contributed by atoms with Crippen LogP contribution in [0.5, 0.6) is 0 Å². The lowest BCUT2D eigenvalue weighted by molar-refractivity contribution is -0.143. The van der Waals surface area contributed by atoms with Crippen LogP contribution in [0.3, 0.4) is 0 Å². The van der Waals surface area contributed by atoms with Crippen molar-refractivity contribution in [3.63, 3.8) is 0 Å². The van der Waals surface area contributed by atoms with Crippen molar-refractivity contribution in [2.75, 3.05) is 0 Å². The topological polar surface area (TPSA) is 34.9 Å². The van der Waals surface area contributed by atoms with E-state index in [9.17, 15) is 18.0 Å². The molecule has 0 unspecified atom stereocenters. The molecule has 15 heavy (non-hydrogen) atoms. The highest BCUT2D eigenvalue weighted by molar-refractivity contribution is 5.11. The van der Waals surface area contributed by atoms with Gasteiger partial charge in [-0.05, 0) is 12.0 Å². The predicted molar refractivity (Wildman–Crippen MR) is 48.6 cm³/mol. The van der Waals surface area contributed by atoms with Crippen LogP contribution in [-0.4, -0.2) is 16.0 Å². The van der Waals surface area contributed by atoms with Crippen LogP contribution >= 0.6 is 0 Å². The number of halogens is 3. The van der Waals surface area contributed by atoms with E-state index in [1.54, 1.807) is 13.8 Å². The number of hydrogen-bond acceptors (Lipinski definition) is 2. The average molecular weight is 220 g/mol. The van der Waals surface area contributed by atoms with Gasteiger partial charge in [-0.3, -0.25) is 4.79 Å². The summed E-state index contributed by atoms with van der Waals surface area (Å²) < 4.78 is 36.6. The van der Waals surface area contributed by atoms with Gasteiger partial charge in [0.05, 0.1) is 0 Å². The molecule has 0 N–H and O–H groups in total. The van der Waals surface area contributed by atoms with Gasteiger partial charge in [0.2, 0.25) is 0 Å². The Morgan fingerprint density at radius 1 is 1.47 bits per heavy atom. The van der Waals surface area contributed by atoms with Crippen molar-refractivity contribution in [2.45, 2.75) is 32.5 Å². The number of aromatic nitrogens is 2. The minimum Gasteiger partial charge on any atom is -0.267 e. The molecule has 84 valence electrons. The standard InChI is InChI=1S/C9H11F3N2O/c1-6(2)7-3-4-13-14(8(7)15)5-9(10,11)12/h3-4,6H,5H2,1-2H3. The van der Waals surface area contributed by atoms with E-state index >= 15 is 0 Å². The van der Waals surface area contributed by atoms with Crippen molar-refractivity contribution in [2.24, 2.45) is 0 Å². The normalized spacial score (nSPS) is 12.1. The quantitative estimate of drug-likeness (QED) is 0.763. The molecule has 0 saturated carbocycles. The number of hydrogen-bond donors (Lipinski definition) is 0. The predicted octanol–water partition coefficient (Wildman–Crippen LogP) is 1.93. The van der Waals surface area contributed by atoms with Crippen molar-refractivity contribution in [3.8, 4) is 0 Å². The maximum Gasteiger partial charge on any atom is 0.408 e. The molecule has 1 rings (SSSR count). The highest BCUT2D eigenvalue weighted by Crippen LogP contribution is 2.16. The van der Waals surface area contributed by atoms with E-state index in [0.29, 0.717) is 10.2 Å². The molecule has 3 nitrogen and oxygen atoms in total. The fourth-order valence-corrected chi connectivity index (χ4v) is 1.19. The average Bonchev–Trinajstić information content (AvgIpc) is 2.05. The summed E-state index contributed by atoms with van der Waals surface area (Å²) in [6.07, 6.45) is -3.21. The Bertz CT molecular complexity index is 395. The molecule has 0 bridgehead atoms. The SMILES string of the molecule is CC(C)c1ccnn(CC(F)(F)F)c1=O. The van der Waals surface area contributed by atoms with E-state index in [1.807, 2.05) is 0 Å². The molecule has 0 amide bonds. The van der Waals surface area contributed by atoms with Crippen molar-refractivity contribution in [1.29, 1.82) is 0 Å². The van der Waals surface area contributed by atoms with Crippen molar-refractivity contribution >= 4 is 0 Å². The lowest BCUT2D eigenvalue weighted by Crippen LogP contribution is -2.32. The largest absolute Gasteiger partial charge is 0.408 e. The van der Waals surface area contributed by atoms with Crippen LogP contribution in [0.4, 0.5) is 13.2 Å². The van der Waals surface area contributed by atoms with Crippen molar-refractivity contribution < 1.29 is 13.2 Å². The molecule has 0 aliphatic carbocycles. The van der Waals surface area contributed by atoms with Gasteiger partial charge < -0.3 is 0 Å². The van der Waals surface area contributed by atoms with Crippen LogP contribution in [0, 0.1) is 0 Å². The molecule has 0 fully saturated rings. The molecule has 1 aromatic heterocycles. The molecule has 0 aliphatic heterocycles. The van der Waals surface area contributed by atoms with Gasteiger partial charge in [0.15, 0.2) is 0 Å². The molecular weight excluding hydrogens is 209 g/mol. The molecule has 0 atom stereocenters. The third-order valence-corrected chi connectivity index (χ3v) is 1.89. The summed E-state index contributed by atoms with van der Waals surface area (Å²) in [6, 6.07) is 1.44. The van der Waals surface area contributed by atoms with Crippen LogP contribution in [-0.2, 0) is 6.54 Å². The maximum atomic E-state index is 12.1. The molecule has 0 saturated heterocycles. The van der Waals surface area contributed by atoms with Gasteiger partial charge in [-0.1, -0.05) is 13.8 Å². The second-order valence-corrected chi connectivity index (χ2v) is 3.52. The molecule has 1 aromatic rings. The fraction of sp³-hybridized carbons (Fsp3) is 0.556. The number of alkyl halides is 3. The lowest BCUT2D eigenvalue weighted by atomic mass is 10.1. The van der Waals surface area contributed by atoms with E-state index in [0.717, 1.165) is 0 Å². The zero-order chi connectivity index (χ0) is 11.6. The van der Waals surface area contributed by atoms with Crippen LogP contribution in [0.25, 0.3) is 0 Å². The monoisotopic (exact) mass is 220 g/mol. The first-order chi connectivity index (χ1) is 6.81. The summed E-state index contributed by atoms with van der Waals surface area (Å²) in [7, 11) is 0. The van der Waals surface area contributed by atoms with E-state index in [-0.39, 0.29) is 5.92 Å². The van der Waals surface area contributed by atoms with Gasteiger partial charge in [-0.25, -0.2) is 4.68 Å². The van der Waals surface area contributed by atoms with Crippen LogP contribution in [0.1, 0.15) is 25.3 Å². The van der Waals surface area contributed by atoms with Gasteiger partial charge in [-0.15, -0.1) is 0 Å². The van der Waals surface area contributed by atoms with Gasteiger partial charge in [0.1, 0.15) is 6.54 Å². The second kappa shape index (κ2) is 4.04. The van der Waals surface area contributed by atoms with Crippen molar-refractivity contribution in [1.82, 2.24) is 9.78 Å². The Kier molecular flexibility index (Phi) is 3.16. The van der Waals surface area contributed by atoms with Gasteiger partial charge in [0, 0.05) is 11.8 Å². The highest BCUT2D eigenvalue weighted by atomic mass is 19.4. The Labute approximate surface area is 84.5 Å². The fourth-order valence-electron chi connectivity index (χ4n) is 1.19. The first kappa shape index (κ1) is 11.7. The molecule has 0 aromatic carbocycles. The Morgan fingerprint density at radius 3 is 2.53 bits per heavy atom. The Balaban J connectivity index is 3.11. The maximum absolute atomic E-state index is 12.1. The molecule has 6 heteroatoms. The van der Waals surface area contributed by atoms with Crippen molar-refractivity contribution in [3.05, 3.63) is 28.2 Å². The van der Waals surface area contributed by atoms with Crippen LogP contribution in [0.15, 0.2) is 17.1 Å². The first-order valence-electron chi connectivity index (χ1n) is 4.44. The summed E-state index contributed by atoms with van der Waals surface area (Å²) in [5, 5.41) is 3.39. The zero-order valence-corrected chi connectivity index (χ0v) is 8.38. The smallest absolute Gasteiger partial charge is 0.267 e. The summed E-state index contributed by atoms with van der Waals surface area (Å²) in [5.41, 5.74) is -0.334. The molecule has 0 radical (unpaired) electrons. The molecular formula is C9H11F3N2O. The summed E-state index contributed by atoms with van der Waals surface area (Å²) in [5.74, 6) is -0.111. The van der Waals surface area contributed by atoms with E-state index in [1.165, 1.54) is 12.3 Å². The van der Waals surface area contributed by atoms with Gasteiger partial charge in [0.25, 0.3) is 5.56 Å². The third kappa shape index (κ3) is 3.07. The van der Waals surface area contributed by atoms with E-state index in [4.69, 9.17) is 0 Å². The zero-order valence-electron chi connectivity index (χ0n) is 8.38. The number of nitrogens with zero attached hydrogens (tertiary/aromatic N) is 2. The minimum atomic E-state index is -4.42. The van der Waals surface area contributed by atoms with E-state index in [2.05, 4.69) is 5.10 Å². The molecule has 1 heterocycles. The molecule has 0 spiro atoms. The summed E-state index contributed by atoms with van der Waals surface area (Å²) in [4.78, 5) is 11.5. The summed E-state index contributed by atoms with van der Waals surface area (Å²) in [6.45, 7) is 2.15. The Hall–Kier alpha value is -1.33. The Morgan fingerprint density at radius 2 is 2.07 bits per heavy atom. The van der Waals surface area contributed by atoms with Crippen LogP contribution < -0.4 is 5.56 Å². The lowest BCUT2D eigenvalue weighted by Gasteiger charge is -2.10. The minimum absolute atomic E-state index is 0.111. The molecule has 0 aliphatic rings. The van der Waals surface area contributed by atoms with Gasteiger partial charge in [-0.2, -0.15) is 18.3 Å². The number of rotatable bonds is 2. The van der Waals surface area contributed by atoms with Crippen LogP contribution in [0.2, 0.25) is 0 Å². The second-order valence-electron chi connectivity index (χ2n) is 3.52. The summed E-state index contributed by atoms with van der Waals surface area (Å²) >= 11 is 0. The highest BCUT2D eigenvalue weighted by Gasteiger charge is 2.29. The first-order valence-corrected chi connectivity index (χ1v) is 4.44. The third-order valence-electron chi connectivity index (χ3n) is 1.89. The van der Waals surface area contributed by atoms with Gasteiger partial charge >= 0.3 is 6.18 Å². The van der Waals surface area contributed by atoms with E-state index < -0.39 is 18.3 Å².